The molecule has 0 fully saturated rings. The average molecular weight is 869 g/mol. The van der Waals surface area contributed by atoms with Gasteiger partial charge in [-0.15, -0.1) is 0 Å². The van der Waals surface area contributed by atoms with Crippen LogP contribution < -0.4 is 0 Å². The van der Waals surface area contributed by atoms with Gasteiger partial charge in [-0.3, -0.25) is 0 Å². The molecule has 5 aromatic rings. The topological polar surface area (TPSA) is 238 Å². The van der Waals surface area contributed by atoms with Gasteiger partial charge in [0, 0.05) is 44.5 Å². The molecule has 2 aliphatic carbocycles. The quantitative estimate of drug-likeness (QED) is 0.122. The van der Waals surface area contributed by atoms with Crippen LogP contribution in [-0.4, -0.2) is 0 Å². The van der Waals surface area contributed by atoms with Gasteiger partial charge < -0.3 is 0 Å². The minimum absolute atomic E-state index is 0.0801. The second-order valence-corrected chi connectivity index (χ2v) is 14.0. The van der Waals surface area contributed by atoms with Crippen molar-refractivity contribution in [2.24, 2.45) is 0 Å². The van der Waals surface area contributed by atoms with Gasteiger partial charge in [-0.05, 0) is 70.8 Å². The number of allylic oxidation sites excluding steroid dienone is 8. The molecule has 0 atom stereocenters. The van der Waals surface area contributed by atoms with Gasteiger partial charge in [-0.25, -0.2) is 0 Å². The molecule has 0 spiro atoms. The van der Waals surface area contributed by atoms with E-state index in [4.69, 9.17) is 0 Å². The van der Waals surface area contributed by atoms with Crippen LogP contribution in [0.1, 0.15) is 89.0 Å². The third-order valence-corrected chi connectivity index (χ3v) is 10.8. The number of rotatable bonds is 4. The fourth-order valence-corrected chi connectivity index (χ4v) is 7.99. The van der Waals surface area contributed by atoms with Gasteiger partial charge in [-0.2, -0.15) is 79.0 Å². The van der Waals surface area contributed by atoms with Crippen molar-refractivity contribution in [1.82, 2.24) is 0 Å². The molecule has 66 heavy (non-hydrogen) atoms. The molecular formula is C50H14F6N10. The summed E-state index contributed by atoms with van der Waals surface area (Å²) in [5.41, 5.74) is -8.65. The van der Waals surface area contributed by atoms with E-state index in [1.807, 2.05) is 60.7 Å². The third-order valence-electron chi connectivity index (χ3n) is 10.8. The lowest BCUT2D eigenvalue weighted by Crippen LogP contribution is -2.05. The molecule has 0 aromatic heterocycles. The minimum atomic E-state index is -4.83. The van der Waals surface area contributed by atoms with E-state index in [9.17, 15) is 79.0 Å². The average Bonchev–Trinajstić information content (AvgIpc) is 3.84. The van der Waals surface area contributed by atoms with E-state index in [0.717, 1.165) is 36.4 Å². The second kappa shape index (κ2) is 16.4. The zero-order valence-electron chi connectivity index (χ0n) is 32.8. The first-order valence-electron chi connectivity index (χ1n) is 18.5. The first kappa shape index (κ1) is 43.6. The monoisotopic (exact) mass is 868 g/mol. The third kappa shape index (κ3) is 6.79. The SMILES string of the molecule is N#CC1=C(c2ccc(C(F)(F)F)cc2)/C(=C(/C#N)c2ccc(C#N)c(C#N)c2)c2c(C#N)c3c(c(C#N)c21)/C(=C(\C#N)c1ccc(C#N)c(C#N)c1)C(c1ccc(C(F)(F)F)cc1)=C3C#N. The van der Waals surface area contributed by atoms with Crippen molar-refractivity contribution in [3.8, 4) is 60.7 Å². The number of alkyl halides is 6. The largest absolute Gasteiger partial charge is 0.416 e. The van der Waals surface area contributed by atoms with Crippen LogP contribution >= 0.6 is 0 Å². The summed E-state index contributed by atoms with van der Waals surface area (Å²) in [7, 11) is 0. The van der Waals surface area contributed by atoms with Crippen LogP contribution in [0.2, 0.25) is 0 Å². The number of fused-ring (bicyclic) bond motifs is 2. The van der Waals surface area contributed by atoms with Gasteiger partial charge in [0.25, 0.3) is 0 Å². The molecule has 0 aliphatic heterocycles. The molecular weight excluding hydrogens is 855 g/mol. The van der Waals surface area contributed by atoms with Crippen molar-refractivity contribution in [3.05, 3.63) is 174 Å². The van der Waals surface area contributed by atoms with Gasteiger partial charge in [0.15, 0.2) is 0 Å². The summed E-state index contributed by atoms with van der Waals surface area (Å²) in [5.74, 6) is 0. The lowest BCUT2D eigenvalue weighted by Gasteiger charge is -2.18. The number of nitriles is 10. The van der Waals surface area contributed by atoms with E-state index in [1.165, 1.54) is 24.3 Å². The summed E-state index contributed by atoms with van der Waals surface area (Å²) in [6, 6.07) is 33.2. The molecule has 7 rings (SSSR count). The maximum absolute atomic E-state index is 13.9. The Labute approximate surface area is 369 Å². The van der Waals surface area contributed by atoms with Gasteiger partial charge in [-0.1, -0.05) is 36.4 Å². The zero-order chi connectivity index (χ0) is 47.8. The predicted octanol–water partition coefficient (Wildman–Crippen LogP) is 10.7. The molecule has 0 saturated carbocycles. The number of benzene rings is 5. The van der Waals surface area contributed by atoms with Crippen molar-refractivity contribution in [1.29, 1.82) is 52.6 Å². The molecule has 0 unspecified atom stereocenters. The summed E-state index contributed by atoms with van der Waals surface area (Å²) in [6.45, 7) is 0. The molecule has 0 bridgehead atoms. The van der Waals surface area contributed by atoms with Gasteiger partial charge >= 0.3 is 12.4 Å². The lowest BCUT2D eigenvalue weighted by atomic mass is 9.81. The van der Waals surface area contributed by atoms with Crippen molar-refractivity contribution < 1.29 is 26.3 Å². The molecule has 10 nitrogen and oxygen atoms in total. The summed E-state index contributed by atoms with van der Waals surface area (Å²) in [6.07, 6.45) is -9.65. The lowest BCUT2D eigenvalue weighted by molar-refractivity contribution is -0.138. The normalized spacial score (nSPS) is 14.0. The number of hydrogen-bond donors (Lipinski definition) is 0. The minimum Gasteiger partial charge on any atom is -0.192 e. The Kier molecular flexibility index (Phi) is 10.9. The number of nitrogens with zero attached hydrogens (tertiary/aromatic N) is 10. The van der Waals surface area contributed by atoms with Crippen LogP contribution in [0.5, 0.6) is 0 Å². The highest BCUT2D eigenvalue weighted by atomic mass is 19.4. The number of halogens is 6. The Morgan fingerprint density at radius 3 is 0.955 bits per heavy atom. The van der Waals surface area contributed by atoms with Crippen molar-refractivity contribution in [3.63, 3.8) is 0 Å². The van der Waals surface area contributed by atoms with E-state index in [-0.39, 0.29) is 89.1 Å². The van der Waals surface area contributed by atoms with E-state index in [0.29, 0.717) is 24.3 Å². The maximum atomic E-state index is 13.9. The summed E-state index contributed by atoms with van der Waals surface area (Å²) >= 11 is 0. The Hall–Kier alpha value is -10.5. The molecule has 5 aromatic carbocycles. The summed E-state index contributed by atoms with van der Waals surface area (Å²) < 4.78 is 83.1. The highest BCUT2D eigenvalue weighted by Crippen LogP contribution is 2.59. The zero-order valence-corrected chi connectivity index (χ0v) is 32.8. The van der Waals surface area contributed by atoms with E-state index >= 15 is 0 Å². The van der Waals surface area contributed by atoms with Gasteiger partial charge in [0.1, 0.15) is 60.7 Å². The molecule has 2 aliphatic rings. The highest BCUT2D eigenvalue weighted by molar-refractivity contribution is 6.36. The molecule has 0 radical (unpaired) electrons. The van der Waals surface area contributed by atoms with E-state index < -0.39 is 56.9 Å². The number of hydrogen-bond acceptors (Lipinski definition) is 10. The molecule has 0 N–H and O–H groups in total. The van der Waals surface area contributed by atoms with Crippen LogP contribution in [0.3, 0.4) is 0 Å². The fourth-order valence-electron chi connectivity index (χ4n) is 7.99. The first-order valence-corrected chi connectivity index (χ1v) is 18.5. The van der Waals surface area contributed by atoms with Gasteiger partial charge in [0.05, 0.1) is 66.8 Å². The summed E-state index contributed by atoms with van der Waals surface area (Å²) in [4.78, 5) is 0. The van der Waals surface area contributed by atoms with Gasteiger partial charge in [0.2, 0.25) is 0 Å². The Morgan fingerprint density at radius 2 is 0.697 bits per heavy atom. The highest BCUT2D eigenvalue weighted by Gasteiger charge is 2.44. The molecule has 16 heteroatoms. The molecule has 306 valence electrons. The first-order chi connectivity index (χ1) is 31.6. The fraction of sp³-hybridized carbons (Fsp3) is 0.0400. The van der Waals surface area contributed by atoms with E-state index in [2.05, 4.69) is 0 Å². The van der Waals surface area contributed by atoms with Crippen LogP contribution in [0.4, 0.5) is 26.3 Å². The molecule has 0 heterocycles. The molecule has 0 saturated heterocycles. The van der Waals surface area contributed by atoms with E-state index in [1.54, 1.807) is 0 Å². The Balaban J connectivity index is 1.75. The van der Waals surface area contributed by atoms with Crippen LogP contribution in [0, 0.1) is 113 Å². The second-order valence-electron chi connectivity index (χ2n) is 14.0. The summed E-state index contributed by atoms with van der Waals surface area (Å²) in [5, 5.41) is 106. The predicted molar refractivity (Wildman–Crippen MR) is 220 cm³/mol. The van der Waals surface area contributed by atoms with Crippen LogP contribution in [0.15, 0.2) is 84.9 Å². The molecule has 0 amide bonds. The standard InChI is InChI=1S/C50H14F6N10/c51-49(52,53)33-9-5-25(6-10-33)41-37(21-63)43-40(24-66)48-44(39(23-65)47(43)45(41)35(19-61)27-1-3-29(15-57)31(13-27)17-59)38(22-64)42(26-7-11-34(12-8-26)50(54,55)56)46(48)36(20-62)28-2-4-30(16-58)32(14-28)18-60/h1-14H/b45-35+,46-36+. The van der Waals surface area contributed by atoms with Crippen molar-refractivity contribution >= 4 is 44.6 Å². The van der Waals surface area contributed by atoms with Crippen LogP contribution in [-0.2, 0) is 12.4 Å². The Bertz CT molecular complexity index is 3400. The maximum Gasteiger partial charge on any atom is 0.416 e. The Morgan fingerprint density at radius 1 is 0.364 bits per heavy atom. The van der Waals surface area contributed by atoms with Crippen molar-refractivity contribution in [2.75, 3.05) is 0 Å². The smallest absolute Gasteiger partial charge is 0.192 e. The van der Waals surface area contributed by atoms with Crippen LogP contribution in [0.25, 0.3) is 44.6 Å². The van der Waals surface area contributed by atoms with Crippen molar-refractivity contribution in [2.45, 2.75) is 12.4 Å².